The quantitative estimate of drug-likeness (QED) is 0.839. The maximum Gasteiger partial charge on any atom is 0.224 e. The largest absolute Gasteiger partial charge is 0.399 e. The molecule has 20 heavy (non-hydrogen) atoms. The number of carbonyl (C=O) groups excluding carboxylic acids is 1. The van der Waals surface area contributed by atoms with Crippen molar-refractivity contribution in [3.8, 4) is 0 Å². The van der Waals surface area contributed by atoms with Gasteiger partial charge in [-0.1, -0.05) is 12.1 Å². The van der Waals surface area contributed by atoms with Crippen LogP contribution < -0.4 is 11.1 Å². The van der Waals surface area contributed by atoms with Gasteiger partial charge < -0.3 is 11.1 Å². The van der Waals surface area contributed by atoms with Crippen molar-refractivity contribution in [1.29, 1.82) is 0 Å². The maximum absolute atomic E-state index is 13.0. The summed E-state index contributed by atoms with van der Waals surface area (Å²) in [6.45, 7) is 1.76. The van der Waals surface area contributed by atoms with Gasteiger partial charge >= 0.3 is 0 Å². The predicted octanol–water partition coefficient (Wildman–Crippen LogP) is 3.29. The van der Waals surface area contributed by atoms with E-state index in [1.807, 2.05) is 24.3 Å². The molecule has 0 bridgehead atoms. The highest BCUT2D eigenvalue weighted by molar-refractivity contribution is 5.91. The Labute approximate surface area is 117 Å². The number of carbonyl (C=O) groups is 1. The summed E-state index contributed by atoms with van der Waals surface area (Å²) in [6, 6.07) is 11.8. The molecule has 3 nitrogen and oxygen atoms in total. The molecule has 0 atom stereocenters. The van der Waals surface area contributed by atoms with E-state index in [4.69, 9.17) is 5.73 Å². The summed E-state index contributed by atoms with van der Waals surface area (Å²) >= 11 is 0. The summed E-state index contributed by atoms with van der Waals surface area (Å²) in [7, 11) is 0. The number of nitrogen functional groups attached to an aromatic ring is 1. The first-order chi connectivity index (χ1) is 9.54. The zero-order valence-corrected chi connectivity index (χ0v) is 11.3. The van der Waals surface area contributed by atoms with Gasteiger partial charge in [0.05, 0.1) is 0 Å². The van der Waals surface area contributed by atoms with Crippen LogP contribution in [0, 0.1) is 12.7 Å². The number of benzene rings is 2. The Balaban J connectivity index is 1.90. The van der Waals surface area contributed by atoms with Crippen LogP contribution in [0.3, 0.4) is 0 Å². The van der Waals surface area contributed by atoms with Gasteiger partial charge in [-0.15, -0.1) is 0 Å². The minimum Gasteiger partial charge on any atom is -0.399 e. The van der Waals surface area contributed by atoms with Crippen LogP contribution in [0.4, 0.5) is 15.8 Å². The molecule has 0 aliphatic rings. The number of nitrogens with one attached hydrogen (secondary N) is 1. The lowest BCUT2D eigenvalue weighted by molar-refractivity contribution is -0.116. The monoisotopic (exact) mass is 272 g/mol. The topological polar surface area (TPSA) is 55.1 Å². The summed E-state index contributed by atoms with van der Waals surface area (Å²) in [4.78, 5) is 11.9. The Morgan fingerprint density at radius 2 is 1.90 bits per heavy atom. The first kappa shape index (κ1) is 14.1. The molecule has 0 unspecified atom stereocenters. The third-order valence-corrected chi connectivity index (χ3v) is 3.08. The minimum absolute atomic E-state index is 0.0865. The average molecular weight is 272 g/mol. The van der Waals surface area contributed by atoms with Crippen molar-refractivity contribution < 1.29 is 9.18 Å². The molecular formula is C16H17FN2O. The van der Waals surface area contributed by atoms with Gasteiger partial charge in [-0.3, -0.25) is 4.79 Å². The summed E-state index contributed by atoms with van der Waals surface area (Å²) in [5.74, 6) is -0.390. The smallest absolute Gasteiger partial charge is 0.224 e. The first-order valence-corrected chi connectivity index (χ1v) is 6.45. The summed E-state index contributed by atoms with van der Waals surface area (Å²) < 4.78 is 13.0. The maximum atomic E-state index is 13.0. The van der Waals surface area contributed by atoms with Crippen LogP contribution >= 0.6 is 0 Å². The molecule has 0 heterocycles. The molecule has 0 saturated carbocycles. The second-order valence-electron chi connectivity index (χ2n) is 4.75. The van der Waals surface area contributed by atoms with Crippen LogP contribution in [0.25, 0.3) is 0 Å². The standard InChI is InChI=1S/C16H17FN2O/c1-11-10-13(17)5-8-15(11)19-16(20)9-4-12-2-6-14(18)7-3-12/h2-3,5-8,10H,4,9,18H2,1H3,(H,19,20). The second-order valence-corrected chi connectivity index (χ2v) is 4.75. The number of hydrogen-bond donors (Lipinski definition) is 2. The van der Waals surface area contributed by atoms with Crippen LogP contribution in [-0.4, -0.2) is 5.91 Å². The molecule has 0 saturated heterocycles. The SMILES string of the molecule is Cc1cc(F)ccc1NC(=O)CCc1ccc(N)cc1. The molecule has 3 N–H and O–H groups in total. The number of halogens is 1. The fourth-order valence-electron chi connectivity index (χ4n) is 1.92. The Morgan fingerprint density at radius 1 is 1.20 bits per heavy atom. The van der Waals surface area contributed by atoms with E-state index in [1.54, 1.807) is 13.0 Å². The molecule has 0 fully saturated rings. The van der Waals surface area contributed by atoms with Crippen LogP contribution in [0.2, 0.25) is 0 Å². The zero-order valence-electron chi connectivity index (χ0n) is 11.3. The van der Waals surface area contributed by atoms with Crippen LogP contribution in [0.5, 0.6) is 0 Å². The Morgan fingerprint density at radius 3 is 2.55 bits per heavy atom. The summed E-state index contributed by atoms with van der Waals surface area (Å²) in [6.07, 6.45) is 1.02. The van der Waals surface area contributed by atoms with Crippen molar-refractivity contribution in [2.24, 2.45) is 0 Å². The minimum atomic E-state index is -0.303. The average Bonchev–Trinajstić information content (AvgIpc) is 2.41. The van der Waals surface area contributed by atoms with Crippen molar-refractivity contribution in [3.63, 3.8) is 0 Å². The number of aryl methyl sites for hydroxylation is 2. The van der Waals surface area contributed by atoms with Crippen LogP contribution in [0.1, 0.15) is 17.5 Å². The predicted molar refractivity (Wildman–Crippen MR) is 78.9 cm³/mol. The van der Waals surface area contributed by atoms with Crippen molar-refractivity contribution >= 4 is 17.3 Å². The molecule has 0 radical (unpaired) electrons. The van der Waals surface area contributed by atoms with E-state index in [0.717, 1.165) is 5.56 Å². The lowest BCUT2D eigenvalue weighted by Gasteiger charge is -2.08. The van der Waals surface area contributed by atoms with Crippen molar-refractivity contribution in [3.05, 3.63) is 59.4 Å². The highest BCUT2D eigenvalue weighted by atomic mass is 19.1. The zero-order chi connectivity index (χ0) is 14.5. The fraction of sp³-hybridized carbons (Fsp3) is 0.188. The van der Waals surface area contributed by atoms with Gasteiger partial charge in [-0.05, 0) is 54.8 Å². The molecule has 0 spiro atoms. The van der Waals surface area contributed by atoms with Gasteiger partial charge in [0.25, 0.3) is 0 Å². The van der Waals surface area contributed by atoms with E-state index < -0.39 is 0 Å². The van der Waals surface area contributed by atoms with Crippen molar-refractivity contribution in [2.45, 2.75) is 19.8 Å². The van der Waals surface area contributed by atoms with Gasteiger partial charge in [-0.2, -0.15) is 0 Å². The molecule has 0 aliphatic carbocycles. The van der Waals surface area contributed by atoms with E-state index in [1.165, 1.54) is 12.1 Å². The molecular weight excluding hydrogens is 255 g/mol. The lowest BCUT2D eigenvalue weighted by atomic mass is 10.1. The van der Waals surface area contributed by atoms with Crippen LogP contribution in [0.15, 0.2) is 42.5 Å². The molecule has 2 aromatic rings. The lowest BCUT2D eigenvalue weighted by Crippen LogP contribution is -2.13. The second kappa shape index (κ2) is 6.19. The molecule has 2 rings (SSSR count). The number of hydrogen-bond acceptors (Lipinski definition) is 2. The Kier molecular flexibility index (Phi) is 4.35. The fourth-order valence-corrected chi connectivity index (χ4v) is 1.92. The molecule has 4 heteroatoms. The highest BCUT2D eigenvalue weighted by Gasteiger charge is 2.06. The Bertz CT molecular complexity index is 608. The number of rotatable bonds is 4. The van der Waals surface area contributed by atoms with E-state index in [0.29, 0.717) is 29.8 Å². The summed E-state index contributed by atoms with van der Waals surface area (Å²) in [5, 5.41) is 2.79. The van der Waals surface area contributed by atoms with Gasteiger partial charge in [0.15, 0.2) is 0 Å². The van der Waals surface area contributed by atoms with E-state index in [2.05, 4.69) is 5.32 Å². The van der Waals surface area contributed by atoms with Crippen LogP contribution in [-0.2, 0) is 11.2 Å². The van der Waals surface area contributed by atoms with E-state index in [-0.39, 0.29) is 11.7 Å². The molecule has 104 valence electrons. The van der Waals surface area contributed by atoms with Gasteiger partial charge in [-0.25, -0.2) is 4.39 Å². The highest BCUT2D eigenvalue weighted by Crippen LogP contribution is 2.16. The molecule has 0 aromatic heterocycles. The first-order valence-electron chi connectivity index (χ1n) is 6.45. The number of anilines is 2. The normalized spacial score (nSPS) is 10.3. The van der Waals surface area contributed by atoms with Gasteiger partial charge in [0, 0.05) is 17.8 Å². The molecule has 0 aliphatic heterocycles. The van der Waals surface area contributed by atoms with Crippen molar-refractivity contribution in [2.75, 3.05) is 11.1 Å². The third kappa shape index (κ3) is 3.82. The van der Waals surface area contributed by atoms with E-state index >= 15 is 0 Å². The Hall–Kier alpha value is -2.36. The third-order valence-electron chi connectivity index (χ3n) is 3.08. The van der Waals surface area contributed by atoms with Gasteiger partial charge in [0.1, 0.15) is 5.82 Å². The van der Waals surface area contributed by atoms with E-state index in [9.17, 15) is 9.18 Å². The van der Waals surface area contributed by atoms with Gasteiger partial charge in [0.2, 0.25) is 5.91 Å². The number of nitrogens with two attached hydrogens (primary N) is 1. The van der Waals surface area contributed by atoms with Crippen molar-refractivity contribution in [1.82, 2.24) is 0 Å². The molecule has 2 aromatic carbocycles. The molecule has 1 amide bonds. The number of amides is 1. The summed E-state index contributed by atoms with van der Waals surface area (Å²) in [5.41, 5.74) is 8.73.